The first kappa shape index (κ1) is 8.46. The molecule has 0 fully saturated rings. The minimum Gasteiger partial charge on any atom is -0.282 e. The smallest absolute Gasteiger partial charge is 0.218 e. The molecule has 0 rings (SSSR count). The highest BCUT2D eigenvalue weighted by Crippen LogP contribution is 2.02. The number of rotatable bonds is 4. The monoisotopic (exact) mass is 154 g/mol. The molecule has 0 heterocycles. The Hall–Kier alpha value is 0.460. The second-order valence-corrected chi connectivity index (χ2v) is 3.99. The standard InChI is InChI=1S/C4H10O2S2/c1-3-4-6-8(5)7-2/h3-4H2,1-2H3. The van der Waals surface area contributed by atoms with E-state index in [0.29, 0.717) is 6.61 Å². The zero-order valence-corrected chi connectivity index (χ0v) is 6.68. The Labute approximate surface area is 56.1 Å². The van der Waals surface area contributed by atoms with Gasteiger partial charge in [0.15, 0.2) is 0 Å². The van der Waals surface area contributed by atoms with Gasteiger partial charge in [0.1, 0.15) is 0 Å². The largest absolute Gasteiger partial charge is 0.282 e. The predicted octanol–water partition coefficient (Wildman–Crippen LogP) is 1.35. The van der Waals surface area contributed by atoms with Crippen LogP contribution in [-0.2, 0) is 14.3 Å². The van der Waals surface area contributed by atoms with Gasteiger partial charge in [0.2, 0.25) is 10.1 Å². The van der Waals surface area contributed by atoms with E-state index in [1.54, 1.807) is 6.26 Å². The molecule has 0 N–H and O–H groups in total. The average molecular weight is 154 g/mol. The number of hydrogen-bond acceptors (Lipinski definition) is 3. The van der Waals surface area contributed by atoms with Gasteiger partial charge in [-0.05, 0) is 23.5 Å². The molecule has 1 unspecified atom stereocenters. The Morgan fingerprint density at radius 1 is 1.75 bits per heavy atom. The van der Waals surface area contributed by atoms with Gasteiger partial charge >= 0.3 is 0 Å². The first-order chi connectivity index (χ1) is 3.81. The number of hydrogen-bond donors (Lipinski definition) is 0. The quantitative estimate of drug-likeness (QED) is 0.572. The van der Waals surface area contributed by atoms with E-state index in [2.05, 4.69) is 0 Å². The van der Waals surface area contributed by atoms with Crippen molar-refractivity contribution in [3.63, 3.8) is 0 Å². The summed E-state index contributed by atoms with van der Waals surface area (Å²) in [6.07, 6.45) is 2.68. The van der Waals surface area contributed by atoms with Crippen molar-refractivity contribution in [2.75, 3.05) is 12.9 Å². The minimum atomic E-state index is -1.11. The highest BCUT2D eigenvalue weighted by molar-refractivity contribution is 8.67. The predicted molar refractivity (Wildman–Crippen MR) is 37.9 cm³/mol. The van der Waals surface area contributed by atoms with Crippen LogP contribution in [-0.4, -0.2) is 17.1 Å². The van der Waals surface area contributed by atoms with Gasteiger partial charge in [-0.2, -0.15) is 0 Å². The fourth-order valence-electron chi connectivity index (χ4n) is 0.199. The fourth-order valence-corrected chi connectivity index (χ4v) is 1.09. The molecule has 0 bridgehead atoms. The summed E-state index contributed by atoms with van der Waals surface area (Å²) in [6.45, 7) is 2.57. The maximum Gasteiger partial charge on any atom is 0.218 e. The third-order valence-electron chi connectivity index (χ3n) is 0.520. The van der Waals surface area contributed by atoms with E-state index in [0.717, 1.165) is 6.42 Å². The van der Waals surface area contributed by atoms with Gasteiger partial charge in [0, 0.05) is 0 Å². The molecule has 0 aliphatic heterocycles. The van der Waals surface area contributed by atoms with Gasteiger partial charge in [0.05, 0.1) is 6.61 Å². The van der Waals surface area contributed by atoms with Crippen LogP contribution in [0, 0.1) is 0 Å². The maximum atomic E-state index is 10.4. The van der Waals surface area contributed by atoms with E-state index < -0.39 is 10.1 Å². The summed E-state index contributed by atoms with van der Waals surface area (Å²) < 4.78 is 15.2. The van der Waals surface area contributed by atoms with Gasteiger partial charge in [0.25, 0.3) is 0 Å². The fraction of sp³-hybridized carbons (Fsp3) is 1.00. The Balaban J connectivity index is 2.99. The molecular weight excluding hydrogens is 144 g/mol. The van der Waals surface area contributed by atoms with Crippen LogP contribution in [0.3, 0.4) is 0 Å². The summed E-state index contributed by atoms with van der Waals surface area (Å²) in [7, 11) is 0.105. The molecule has 0 aliphatic carbocycles. The van der Waals surface area contributed by atoms with Crippen LogP contribution >= 0.6 is 10.8 Å². The van der Waals surface area contributed by atoms with Crippen LogP contribution in [0.1, 0.15) is 13.3 Å². The summed E-state index contributed by atoms with van der Waals surface area (Å²) in [5, 5.41) is 0. The van der Waals surface area contributed by atoms with Crippen molar-refractivity contribution in [3.05, 3.63) is 0 Å². The van der Waals surface area contributed by atoms with Crippen molar-refractivity contribution in [2.45, 2.75) is 13.3 Å². The van der Waals surface area contributed by atoms with E-state index >= 15 is 0 Å². The molecule has 50 valence electrons. The third kappa shape index (κ3) is 4.61. The van der Waals surface area contributed by atoms with E-state index in [-0.39, 0.29) is 0 Å². The molecule has 0 aromatic rings. The lowest BCUT2D eigenvalue weighted by Crippen LogP contribution is -1.91. The Bertz CT molecular complexity index is 74.4. The molecule has 0 aliphatic rings. The first-order valence-electron chi connectivity index (χ1n) is 2.40. The molecule has 8 heavy (non-hydrogen) atoms. The summed E-state index contributed by atoms with van der Waals surface area (Å²) in [5.74, 6) is 0. The Kier molecular flexibility index (Phi) is 5.92. The Morgan fingerprint density at radius 3 is 2.75 bits per heavy atom. The topological polar surface area (TPSA) is 26.3 Å². The lowest BCUT2D eigenvalue weighted by Gasteiger charge is -1.94. The third-order valence-corrected chi connectivity index (χ3v) is 2.26. The summed E-state index contributed by atoms with van der Waals surface area (Å²) in [4.78, 5) is 0. The molecule has 0 saturated carbocycles. The summed E-state index contributed by atoms with van der Waals surface area (Å²) in [5.41, 5.74) is 0. The highest BCUT2D eigenvalue weighted by Gasteiger charge is 1.91. The Morgan fingerprint density at radius 2 is 2.38 bits per heavy atom. The maximum absolute atomic E-state index is 10.4. The molecule has 0 aromatic carbocycles. The van der Waals surface area contributed by atoms with Crippen molar-refractivity contribution in [1.82, 2.24) is 0 Å². The molecular formula is C4H10O2S2. The molecule has 4 heteroatoms. The summed E-state index contributed by atoms with van der Waals surface area (Å²) in [6, 6.07) is 0. The van der Waals surface area contributed by atoms with Crippen LogP contribution in [0.5, 0.6) is 0 Å². The lowest BCUT2D eigenvalue weighted by molar-refractivity contribution is 0.355. The van der Waals surface area contributed by atoms with E-state index in [1.807, 2.05) is 6.92 Å². The van der Waals surface area contributed by atoms with Crippen molar-refractivity contribution < 1.29 is 8.39 Å². The minimum absolute atomic E-state index is 0.591. The van der Waals surface area contributed by atoms with Crippen molar-refractivity contribution >= 4 is 20.9 Å². The molecule has 0 aromatic heterocycles. The molecule has 0 amide bonds. The second kappa shape index (κ2) is 5.59. The zero-order chi connectivity index (χ0) is 6.41. The van der Waals surface area contributed by atoms with Crippen LogP contribution in [0.15, 0.2) is 0 Å². The van der Waals surface area contributed by atoms with Crippen molar-refractivity contribution in [2.24, 2.45) is 0 Å². The van der Waals surface area contributed by atoms with Gasteiger partial charge in [-0.1, -0.05) is 6.92 Å². The zero-order valence-electron chi connectivity index (χ0n) is 5.05. The molecule has 0 radical (unpaired) electrons. The van der Waals surface area contributed by atoms with Crippen LogP contribution < -0.4 is 0 Å². The van der Waals surface area contributed by atoms with Crippen LogP contribution in [0.25, 0.3) is 0 Å². The van der Waals surface area contributed by atoms with Crippen molar-refractivity contribution in [1.29, 1.82) is 0 Å². The average Bonchev–Trinajstić information content (AvgIpc) is 1.83. The van der Waals surface area contributed by atoms with E-state index in [9.17, 15) is 4.21 Å². The first-order valence-corrected chi connectivity index (χ1v) is 5.22. The molecule has 2 nitrogen and oxygen atoms in total. The summed E-state index contributed by atoms with van der Waals surface area (Å²) >= 11 is 0. The van der Waals surface area contributed by atoms with Gasteiger partial charge in [-0.15, -0.1) is 0 Å². The second-order valence-electron chi connectivity index (χ2n) is 1.19. The SMILES string of the molecule is CCCOS(=O)SC. The normalized spacial score (nSPS) is 13.8. The van der Waals surface area contributed by atoms with Crippen LogP contribution in [0.4, 0.5) is 0 Å². The van der Waals surface area contributed by atoms with Crippen molar-refractivity contribution in [3.8, 4) is 0 Å². The van der Waals surface area contributed by atoms with Crippen LogP contribution in [0.2, 0.25) is 0 Å². The molecule has 1 atom stereocenters. The van der Waals surface area contributed by atoms with Gasteiger partial charge in [-0.25, -0.2) is 4.21 Å². The van der Waals surface area contributed by atoms with E-state index in [1.165, 1.54) is 10.8 Å². The molecule has 0 spiro atoms. The van der Waals surface area contributed by atoms with Gasteiger partial charge in [-0.3, -0.25) is 4.18 Å². The lowest BCUT2D eigenvalue weighted by atomic mass is 10.5. The van der Waals surface area contributed by atoms with E-state index in [4.69, 9.17) is 4.18 Å². The molecule has 0 saturated heterocycles. The van der Waals surface area contributed by atoms with Gasteiger partial charge < -0.3 is 0 Å². The highest BCUT2D eigenvalue weighted by atomic mass is 33.1.